The van der Waals surface area contributed by atoms with Crippen molar-refractivity contribution in [3.8, 4) is 11.5 Å². The van der Waals surface area contributed by atoms with Crippen molar-refractivity contribution in [2.75, 3.05) is 11.9 Å². The maximum atomic E-state index is 12.6. The summed E-state index contributed by atoms with van der Waals surface area (Å²) in [5.41, 5.74) is 1.83. The first-order chi connectivity index (χ1) is 16.4. The minimum atomic E-state index is -0.397. The summed E-state index contributed by atoms with van der Waals surface area (Å²) in [5, 5.41) is 8.20. The van der Waals surface area contributed by atoms with Crippen LogP contribution in [0, 0.1) is 6.92 Å². The number of benzene rings is 2. The molecule has 0 aliphatic carbocycles. The first-order valence-corrected chi connectivity index (χ1v) is 11.4. The molecule has 0 saturated carbocycles. The van der Waals surface area contributed by atoms with Gasteiger partial charge in [-0.25, -0.2) is 0 Å². The number of hydrogen-bond acceptors (Lipinski definition) is 5. The molecular weight excluding hydrogens is 477 g/mol. The van der Waals surface area contributed by atoms with Crippen molar-refractivity contribution in [1.82, 2.24) is 9.78 Å². The van der Waals surface area contributed by atoms with Gasteiger partial charge in [-0.2, -0.15) is 5.10 Å². The highest BCUT2D eigenvalue weighted by atomic mass is 35.5. The fourth-order valence-electron chi connectivity index (χ4n) is 3.25. The predicted octanol–water partition coefficient (Wildman–Crippen LogP) is 6.37. The Morgan fingerprint density at radius 2 is 1.74 bits per heavy atom. The van der Waals surface area contributed by atoms with Crippen molar-refractivity contribution in [2.24, 2.45) is 0 Å². The van der Waals surface area contributed by atoms with Gasteiger partial charge < -0.3 is 19.2 Å². The summed E-state index contributed by atoms with van der Waals surface area (Å²) in [6, 6.07) is 17.8. The summed E-state index contributed by atoms with van der Waals surface area (Å²) < 4.78 is 18.5. The van der Waals surface area contributed by atoms with E-state index in [1.165, 1.54) is 0 Å². The Kier molecular flexibility index (Phi) is 7.45. The smallest absolute Gasteiger partial charge is 0.292 e. The van der Waals surface area contributed by atoms with Gasteiger partial charge in [0, 0.05) is 11.8 Å². The third kappa shape index (κ3) is 5.92. The molecule has 7 nitrogen and oxygen atoms in total. The molecule has 0 unspecified atom stereocenters. The van der Waals surface area contributed by atoms with Crippen LogP contribution in [-0.2, 0) is 13.2 Å². The summed E-state index contributed by atoms with van der Waals surface area (Å²) in [6.07, 6.45) is 0. The van der Waals surface area contributed by atoms with Crippen molar-refractivity contribution in [2.45, 2.75) is 27.0 Å². The topological polar surface area (TPSA) is 78.5 Å². The highest BCUT2D eigenvalue weighted by molar-refractivity contribution is 6.42. The first-order valence-electron chi connectivity index (χ1n) is 10.7. The van der Waals surface area contributed by atoms with E-state index in [0.29, 0.717) is 40.5 Å². The van der Waals surface area contributed by atoms with E-state index in [-0.39, 0.29) is 12.4 Å². The number of amides is 1. The molecule has 0 aliphatic heterocycles. The van der Waals surface area contributed by atoms with Gasteiger partial charge in [-0.1, -0.05) is 29.3 Å². The molecule has 0 fully saturated rings. The molecule has 1 amide bonds. The fraction of sp³-hybridized carbons (Fsp3) is 0.200. The predicted molar refractivity (Wildman–Crippen MR) is 131 cm³/mol. The third-order valence-corrected chi connectivity index (χ3v) is 5.68. The number of nitrogens with one attached hydrogen (secondary N) is 1. The zero-order chi connectivity index (χ0) is 24.1. The van der Waals surface area contributed by atoms with Gasteiger partial charge in [0.15, 0.2) is 11.6 Å². The Balaban J connectivity index is 1.34. The Bertz CT molecular complexity index is 1280. The number of ether oxygens (including phenoxy) is 2. The van der Waals surface area contributed by atoms with Gasteiger partial charge in [-0.15, -0.1) is 0 Å². The number of furan rings is 1. The molecule has 2 aromatic carbocycles. The van der Waals surface area contributed by atoms with Crippen molar-refractivity contribution < 1.29 is 18.7 Å². The zero-order valence-electron chi connectivity index (χ0n) is 18.7. The van der Waals surface area contributed by atoms with Crippen molar-refractivity contribution in [3.63, 3.8) is 0 Å². The summed E-state index contributed by atoms with van der Waals surface area (Å²) in [4.78, 5) is 12.6. The summed E-state index contributed by atoms with van der Waals surface area (Å²) in [7, 11) is 0. The summed E-state index contributed by atoms with van der Waals surface area (Å²) in [6.45, 7) is 5.13. The Labute approximate surface area is 207 Å². The second-order valence-corrected chi connectivity index (χ2v) is 8.30. The monoisotopic (exact) mass is 499 g/mol. The van der Waals surface area contributed by atoms with Crippen LogP contribution in [-0.4, -0.2) is 22.3 Å². The second kappa shape index (κ2) is 10.7. The molecule has 0 radical (unpaired) electrons. The Morgan fingerprint density at radius 3 is 2.44 bits per heavy atom. The van der Waals surface area contributed by atoms with E-state index in [9.17, 15) is 4.79 Å². The van der Waals surface area contributed by atoms with Crippen LogP contribution in [0.1, 0.15) is 34.5 Å². The number of carbonyl (C=O) groups excluding carboxylic acids is 1. The Morgan fingerprint density at radius 1 is 1.00 bits per heavy atom. The number of aryl methyl sites for hydroxylation is 1. The lowest BCUT2D eigenvalue weighted by Crippen LogP contribution is -2.12. The SMILES string of the molecule is CCOc1ccc(OCc2ccc(C(=O)Nc3cc(C)n(Cc4ccc(Cl)c(Cl)c4)n3)o2)cc1. The van der Waals surface area contributed by atoms with Crippen molar-refractivity contribution in [3.05, 3.63) is 93.5 Å². The standard InChI is InChI=1S/C25H23Cl2N3O4/c1-3-32-18-5-7-19(8-6-18)33-15-20-9-11-23(34-20)25(31)28-24-12-16(2)30(29-24)14-17-4-10-21(26)22(27)13-17/h4-13H,3,14-15H2,1-2H3,(H,28,29,31). The van der Waals surface area contributed by atoms with Crippen LogP contribution >= 0.6 is 23.2 Å². The molecule has 2 aromatic heterocycles. The van der Waals surface area contributed by atoms with Crippen LogP contribution in [0.3, 0.4) is 0 Å². The van der Waals surface area contributed by atoms with Crippen LogP contribution in [0.25, 0.3) is 0 Å². The number of anilines is 1. The molecule has 0 spiro atoms. The lowest BCUT2D eigenvalue weighted by Gasteiger charge is -2.06. The van der Waals surface area contributed by atoms with E-state index < -0.39 is 5.91 Å². The quantitative estimate of drug-likeness (QED) is 0.289. The lowest BCUT2D eigenvalue weighted by molar-refractivity contribution is 0.0992. The van der Waals surface area contributed by atoms with E-state index in [1.54, 1.807) is 35.0 Å². The number of halogens is 2. The second-order valence-electron chi connectivity index (χ2n) is 7.49. The summed E-state index contributed by atoms with van der Waals surface area (Å²) >= 11 is 12.1. The van der Waals surface area contributed by atoms with E-state index in [0.717, 1.165) is 17.0 Å². The molecule has 1 N–H and O–H groups in total. The molecule has 9 heteroatoms. The molecule has 0 atom stereocenters. The van der Waals surface area contributed by atoms with Crippen LogP contribution in [0.15, 0.2) is 65.1 Å². The van der Waals surface area contributed by atoms with E-state index in [1.807, 2.05) is 44.2 Å². The van der Waals surface area contributed by atoms with E-state index in [2.05, 4.69) is 10.4 Å². The minimum Gasteiger partial charge on any atom is -0.494 e. The number of rotatable bonds is 9. The molecular formula is C25H23Cl2N3O4. The number of carbonyl (C=O) groups is 1. The van der Waals surface area contributed by atoms with Gasteiger partial charge in [0.2, 0.25) is 0 Å². The van der Waals surface area contributed by atoms with Crippen molar-refractivity contribution >= 4 is 34.9 Å². The van der Waals surface area contributed by atoms with Gasteiger partial charge in [0.25, 0.3) is 5.91 Å². The lowest BCUT2D eigenvalue weighted by atomic mass is 10.2. The third-order valence-electron chi connectivity index (χ3n) is 4.94. The molecule has 0 bridgehead atoms. The van der Waals surface area contributed by atoms with Crippen molar-refractivity contribution in [1.29, 1.82) is 0 Å². The van der Waals surface area contributed by atoms with Gasteiger partial charge in [-0.05, 0) is 67.9 Å². The van der Waals surface area contributed by atoms with Gasteiger partial charge in [0.1, 0.15) is 23.9 Å². The van der Waals surface area contributed by atoms with Crippen LogP contribution in [0.2, 0.25) is 10.0 Å². The maximum absolute atomic E-state index is 12.6. The van der Waals surface area contributed by atoms with Crippen LogP contribution < -0.4 is 14.8 Å². The highest BCUT2D eigenvalue weighted by Gasteiger charge is 2.15. The normalized spacial score (nSPS) is 10.8. The largest absolute Gasteiger partial charge is 0.494 e. The average molecular weight is 500 g/mol. The van der Waals surface area contributed by atoms with E-state index in [4.69, 9.17) is 37.1 Å². The van der Waals surface area contributed by atoms with Gasteiger partial charge in [-0.3, -0.25) is 9.48 Å². The first kappa shape index (κ1) is 23.7. The molecule has 176 valence electrons. The molecule has 0 saturated heterocycles. The van der Waals surface area contributed by atoms with Gasteiger partial charge in [0.05, 0.1) is 23.2 Å². The number of nitrogens with zero attached hydrogens (tertiary/aromatic N) is 2. The number of hydrogen-bond donors (Lipinski definition) is 1. The fourth-order valence-corrected chi connectivity index (χ4v) is 3.57. The highest BCUT2D eigenvalue weighted by Crippen LogP contribution is 2.24. The molecule has 0 aliphatic rings. The molecule has 2 heterocycles. The maximum Gasteiger partial charge on any atom is 0.292 e. The Hall–Kier alpha value is -3.42. The zero-order valence-corrected chi connectivity index (χ0v) is 20.2. The minimum absolute atomic E-state index is 0.168. The molecule has 4 aromatic rings. The number of aromatic nitrogens is 2. The average Bonchev–Trinajstić information content (AvgIpc) is 3.43. The molecule has 4 rings (SSSR count). The van der Waals surface area contributed by atoms with Crippen LogP contribution in [0.5, 0.6) is 11.5 Å². The van der Waals surface area contributed by atoms with Crippen LogP contribution in [0.4, 0.5) is 5.82 Å². The molecule has 34 heavy (non-hydrogen) atoms. The van der Waals surface area contributed by atoms with Gasteiger partial charge >= 0.3 is 0 Å². The summed E-state index contributed by atoms with van der Waals surface area (Å²) in [5.74, 6) is 2.18. The van der Waals surface area contributed by atoms with E-state index >= 15 is 0 Å².